The maximum atomic E-state index is 13.1. The monoisotopic (exact) mass is 410 g/mol. The lowest BCUT2D eigenvalue weighted by Crippen LogP contribution is -2.38. The SMILES string of the molecule is Cc1cccc(OCCC(=O)N(CC2CCCO2)c2nc3ccccc3s2)c1C. The first kappa shape index (κ1) is 19.9. The van der Waals surface area contributed by atoms with Crippen LogP contribution < -0.4 is 9.64 Å². The second-order valence-corrected chi connectivity index (χ2v) is 8.41. The molecular weight excluding hydrogens is 384 g/mol. The fourth-order valence-corrected chi connectivity index (χ4v) is 4.51. The average Bonchev–Trinajstić information content (AvgIpc) is 3.38. The lowest BCUT2D eigenvalue weighted by molar-refractivity contribution is -0.119. The van der Waals surface area contributed by atoms with Gasteiger partial charge in [0.25, 0.3) is 0 Å². The molecule has 1 unspecified atom stereocenters. The van der Waals surface area contributed by atoms with E-state index in [2.05, 4.69) is 13.0 Å². The Balaban J connectivity index is 1.47. The molecule has 2 heterocycles. The Kier molecular flexibility index (Phi) is 6.11. The van der Waals surface area contributed by atoms with Crippen LogP contribution in [-0.2, 0) is 9.53 Å². The summed E-state index contributed by atoms with van der Waals surface area (Å²) in [5.74, 6) is 0.855. The average molecular weight is 411 g/mol. The molecule has 29 heavy (non-hydrogen) atoms. The zero-order valence-corrected chi connectivity index (χ0v) is 17.7. The third-order valence-corrected chi connectivity index (χ3v) is 6.41. The van der Waals surface area contributed by atoms with Crippen molar-refractivity contribution in [3.05, 3.63) is 53.6 Å². The molecule has 6 heteroatoms. The lowest BCUT2D eigenvalue weighted by atomic mass is 10.1. The molecule has 0 spiro atoms. The van der Waals surface area contributed by atoms with Crippen LogP contribution in [0.25, 0.3) is 10.2 Å². The summed E-state index contributed by atoms with van der Waals surface area (Å²) in [5, 5.41) is 0.735. The van der Waals surface area contributed by atoms with Gasteiger partial charge < -0.3 is 9.47 Å². The Morgan fingerprint density at radius 3 is 2.90 bits per heavy atom. The molecule has 0 saturated carbocycles. The van der Waals surface area contributed by atoms with Crippen molar-refractivity contribution in [3.8, 4) is 5.75 Å². The number of thiazole rings is 1. The number of para-hydroxylation sites is 1. The van der Waals surface area contributed by atoms with E-state index in [1.807, 2.05) is 43.3 Å². The molecule has 1 aliphatic rings. The van der Waals surface area contributed by atoms with Gasteiger partial charge in [-0.25, -0.2) is 4.98 Å². The van der Waals surface area contributed by atoms with Crippen LogP contribution in [-0.4, -0.2) is 36.8 Å². The fraction of sp³-hybridized carbons (Fsp3) is 0.391. The van der Waals surface area contributed by atoms with Crippen molar-refractivity contribution in [3.63, 3.8) is 0 Å². The smallest absolute Gasteiger partial charge is 0.232 e. The molecule has 0 radical (unpaired) electrons. The maximum absolute atomic E-state index is 13.1. The first-order valence-electron chi connectivity index (χ1n) is 10.1. The van der Waals surface area contributed by atoms with Gasteiger partial charge in [-0.2, -0.15) is 0 Å². The summed E-state index contributed by atoms with van der Waals surface area (Å²) in [5.41, 5.74) is 3.22. The first-order valence-corrected chi connectivity index (χ1v) is 10.9. The minimum atomic E-state index is 0.0184. The van der Waals surface area contributed by atoms with Gasteiger partial charge in [-0.1, -0.05) is 35.6 Å². The molecule has 1 fully saturated rings. The third-order valence-electron chi connectivity index (χ3n) is 5.35. The number of fused-ring (bicyclic) bond motifs is 1. The van der Waals surface area contributed by atoms with Crippen LogP contribution in [0.3, 0.4) is 0 Å². The van der Waals surface area contributed by atoms with Crippen LogP contribution in [0, 0.1) is 13.8 Å². The molecular formula is C23H26N2O3S. The zero-order chi connectivity index (χ0) is 20.2. The van der Waals surface area contributed by atoms with Crippen LogP contribution in [0.15, 0.2) is 42.5 Å². The largest absolute Gasteiger partial charge is 0.493 e. The van der Waals surface area contributed by atoms with E-state index in [4.69, 9.17) is 14.5 Å². The van der Waals surface area contributed by atoms with E-state index in [0.29, 0.717) is 19.6 Å². The molecule has 1 aromatic heterocycles. The van der Waals surface area contributed by atoms with E-state index in [9.17, 15) is 4.79 Å². The molecule has 1 saturated heterocycles. The number of aryl methyl sites for hydroxylation is 1. The molecule has 0 bridgehead atoms. The van der Waals surface area contributed by atoms with Crippen molar-refractivity contribution in [2.45, 2.75) is 39.2 Å². The van der Waals surface area contributed by atoms with Crippen molar-refractivity contribution in [2.24, 2.45) is 0 Å². The highest BCUT2D eigenvalue weighted by Crippen LogP contribution is 2.30. The van der Waals surface area contributed by atoms with Gasteiger partial charge in [0.05, 0.1) is 35.9 Å². The molecule has 1 amide bonds. The van der Waals surface area contributed by atoms with Crippen molar-refractivity contribution in [1.29, 1.82) is 0 Å². The number of hydrogen-bond donors (Lipinski definition) is 0. The van der Waals surface area contributed by atoms with Crippen molar-refractivity contribution in [2.75, 3.05) is 24.7 Å². The Bertz CT molecular complexity index is 962. The number of nitrogens with zero attached hydrogens (tertiary/aromatic N) is 2. The molecule has 1 aliphatic heterocycles. The Morgan fingerprint density at radius 1 is 1.24 bits per heavy atom. The van der Waals surface area contributed by atoms with Crippen molar-refractivity contribution in [1.82, 2.24) is 4.98 Å². The molecule has 0 aliphatic carbocycles. The first-order chi connectivity index (χ1) is 14.1. The number of anilines is 1. The summed E-state index contributed by atoms with van der Waals surface area (Å²) >= 11 is 1.55. The number of amides is 1. The number of carbonyl (C=O) groups excluding carboxylic acids is 1. The standard InChI is InChI=1S/C23H26N2O3S/c1-16-7-5-10-20(17(16)2)28-14-12-22(26)25(15-18-8-6-13-27-18)23-24-19-9-3-4-11-21(19)29-23/h3-5,7,9-11,18H,6,8,12-15H2,1-2H3. The summed E-state index contributed by atoms with van der Waals surface area (Å²) in [6.07, 6.45) is 2.40. The van der Waals surface area contributed by atoms with Crippen LogP contribution in [0.1, 0.15) is 30.4 Å². The zero-order valence-electron chi connectivity index (χ0n) is 16.9. The third kappa shape index (κ3) is 4.60. The van der Waals surface area contributed by atoms with Crippen molar-refractivity contribution >= 4 is 32.6 Å². The quantitative estimate of drug-likeness (QED) is 0.556. The predicted molar refractivity (Wildman–Crippen MR) is 117 cm³/mol. The van der Waals surface area contributed by atoms with Gasteiger partial charge in [-0.15, -0.1) is 0 Å². The number of hydrogen-bond acceptors (Lipinski definition) is 5. The fourth-order valence-electron chi connectivity index (χ4n) is 3.52. The van der Waals surface area contributed by atoms with Crippen LogP contribution in [0.2, 0.25) is 0 Å². The molecule has 0 N–H and O–H groups in total. The van der Waals surface area contributed by atoms with Crippen LogP contribution in [0.5, 0.6) is 5.75 Å². The van der Waals surface area contributed by atoms with Crippen LogP contribution in [0.4, 0.5) is 5.13 Å². The number of aromatic nitrogens is 1. The van der Waals surface area contributed by atoms with Gasteiger partial charge >= 0.3 is 0 Å². The van der Waals surface area contributed by atoms with E-state index < -0.39 is 0 Å². The van der Waals surface area contributed by atoms with E-state index in [-0.39, 0.29) is 12.0 Å². The molecule has 5 nitrogen and oxygen atoms in total. The molecule has 1 atom stereocenters. The van der Waals surface area contributed by atoms with Gasteiger partial charge in [0.1, 0.15) is 5.75 Å². The minimum absolute atomic E-state index is 0.0184. The normalized spacial score (nSPS) is 16.3. The van der Waals surface area contributed by atoms with Gasteiger partial charge in [-0.3, -0.25) is 9.69 Å². The highest BCUT2D eigenvalue weighted by Gasteiger charge is 2.26. The number of rotatable bonds is 7. The Morgan fingerprint density at radius 2 is 2.10 bits per heavy atom. The number of ether oxygens (including phenoxy) is 2. The minimum Gasteiger partial charge on any atom is -0.493 e. The Labute approximate surface area is 175 Å². The lowest BCUT2D eigenvalue weighted by Gasteiger charge is -2.23. The summed E-state index contributed by atoms with van der Waals surface area (Å²) < 4.78 is 12.8. The number of carbonyl (C=O) groups is 1. The van der Waals surface area contributed by atoms with Gasteiger partial charge in [0, 0.05) is 6.61 Å². The van der Waals surface area contributed by atoms with Crippen molar-refractivity contribution < 1.29 is 14.3 Å². The van der Waals surface area contributed by atoms with Gasteiger partial charge in [-0.05, 0) is 56.0 Å². The topological polar surface area (TPSA) is 51.7 Å². The summed E-state index contributed by atoms with van der Waals surface area (Å²) in [4.78, 5) is 19.6. The van der Waals surface area contributed by atoms with Gasteiger partial charge in [0.2, 0.25) is 5.91 Å². The molecule has 4 rings (SSSR count). The second kappa shape index (κ2) is 8.93. The van der Waals surface area contributed by atoms with E-state index in [1.54, 1.807) is 16.2 Å². The summed E-state index contributed by atoms with van der Waals surface area (Å²) in [6.45, 7) is 5.75. The van der Waals surface area contributed by atoms with E-state index >= 15 is 0 Å². The Hall–Kier alpha value is -2.44. The number of benzene rings is 2. The highest BCUT2D eigenvalue weighted by atomic mass is 32.1. The predicted octanol–water partition coefficient (Wildman–Crippen LogP) is 4.89. The highest BCUT2D eigenvalue weighted by molar-refractivity contribution is 7.22. The maximum Gasteiger partial charge on any atom is 0.232 e. The van der Waals surface area contributed by atoms with Crippen LogP contribution >= 0.6 is 11.3 Å². The summed E-state index contributed by atoms with van der Waals surface area (Å²) in [7, 11) is 0. The molecule has 152 valence electrons. The summed E-state index contributed by atoms with van der Waals surface area (Å²) in [6, 6.07) is 14.0. The second-order valence-electron chi connectivity index (χ2n) is 7.40. The van der Waals surface area contributed by atoms with E-state index in [0.717, 1.165) is 46.1 Å². The van der Waals surface area contributed by atoms with Gasteiger partial charge in [0.15, 0.2) is 5.13 Å². The van der Waals surface area contributed by atoms with E-state index in [1.165, 1.54) is 5.56 Å². The molecule has 3 aromatic rings. The molecule has 2 aromatic carbocycles.